The summed E-state index contributed by atoms with van der Waals surface area (Å²) < 4.78 is 35.1. The highest BCUT2D eigenvalue weighted by Crippen LogP contribution is 2.43. The van der Waals surface area contributed by atoms with Crippen LogP contribution in [0.4, 0.5) is 0 Å². The van der Waals surface area contributed by atoms with Crippen molar-refractivity contribution < 1.29 is 37.3 Å². The molecule has 0 aromatic rings. The Hall–Kier alpha value is -1.54. The van der Waals surface area contributed by atoms with E-state index in [9.17, 15) is 14.3 Å². The number of phosphoric ester groups is 1. The second-order valence-electron chi connectivity index (χ2n) is 18.2. The number of nitrogens with zero attached hydrogens (tertiary/aromatic N) is 1. The largest absolute Gasteiger partial charge is 0.472 e. The molecule has 0 bridgehead atoms. The molecule has 1 N–H and O–H groups in total. The van der Waals surface area contributed by atoms with Crippen molar-refractivity contribution in [1.82, 2.24) is 0 Å². The quantitative estimate of drug-likeness (QED) is 0.0214. The summed E-state index contributed by atoms with van der Waals surface area (Å²) in [4.78, 5) is 22.9. The van der Waals surface area contributed by atoms with Crippen LogP contribution in [0.1, 0.15) is 219 Å². The van der Waals surface area contributed by atoms with Gasteiger partial charge in [-0.1, -0.05) is 184 Å². The van der Waals surface area contributed by atoms with Gasteiger partial charge in [-0.2, -0.15) is 0 Å². The number of likely N-dealkylation sites (N-methyl/N-ethyl adjacent to an activating group) is 1. The maximum absolute atomic E-state index is 12.7. The second kappa shape index (κ2) is 45.0. The number of hydrogen-bond donors (Lipinski definition) is 1. The van der Waals surface area contributed by atoms with E-state index < -0.39 is 13.9 Å². The van der Waals surface area contributed by atoms with Gasteiger partial charge < -0.3 is 18.9 Å². The smallest absolute Gasteiger partial charge is 0.457 e. The summed E-state index contributed by atoms with van der Waals surface area (Å²) in [5.74, 6) is -0.324. The summed E-state index contributed by atoms with van der Waals surface area (Å²) in [5.41, 5.74) is 0. The number of quaternary nitrogens is 1. The first-order valence-corrected chi connectivity index (χ1v) is 26.9. The predicted octanol–water partition coefficient (Wildman–Crippen LogP) is 15.5. The Morgan fingerprint density at radius 2 is 0.902 bits per heavy atom. The Labute approximate surface area is 378 Å². The molecule has 61 heavy (non-hydrogen) atoms. The molecule has 0 saturated carbocycles. The first kappa shape index (κ1) is 59.5. The van der Waals surface area contributed by atoms with E-state index in [-0.39, 0.29) is 25.8 Å². The van der Waals surface area contributed by atoms with E-state index in [0.29, 0.717) is 24.1 Å². The molecule has 0 rings (SSSR count). The molecule has 0 amide bonds. The molecule has 0 aliphatic carbocycles. The third kappa shape index (κ3) is 49.3. The molecule has 0 aliphatic heterocycles. The van der Waals surface area contributed by atoms with E-state index in [0.717, 1.165) is 57.8 Å². The van der Waals surface area contributed by atoms with Gasteiger partial charge in [0.1, 0.15) is 19.3 Å². The van der Waals surface area contributed by atoms with E-state index in [1.54, 1.807) is 0 Å². The molecule has 9 heteroatoms. The van der Waals surface area contributed by atoms with Gasteiger partial charge in [0, 0.05) is 13.0 Å². The number of ether oxygens (including phenoxy) is 2. The van der Waals surface area contributed by atoms with E-state index in [2.05, 4.69) is 62.5 Å². The molecule has 2 unspecified atom stereocenters. The second-order valence-corrected chi connectivity index (χ2v) is 19.6. The van der Waals surface area contributed by atoms with Gasteiger partial charge in [-0.3, -0.25) is 13.8 Å². The van der Waals surface area contributed by atoms with Crippen molar-refractivity contribution in [2.45, 2.75) is 225 Å². The van der Waals surface area contributed by atoms with Crippen LogP contribution in [-0.2, 0) is 27.9 Å². The van der Waals surface area contributed by atoms with E-state index >= 15 is 0 Å². The summed E-state index contributed by atoms with van der Waals surface area (Å²) in [6.07, 6.45) is 55.9. The molecule has 0 saturated heterocycles. The van der Waals surface area contributed by atoms with Crippen molar-refractivity contribution in [1.29, 1.82) is 0 Å². The molecular formula is C52H99NO7P+. The van der Waals surface area contributed by atoms with Crippen molar-refractivity contribution >= 4 is 13.8 Å². The number of esters is 1. The van der Waals surface area contributed by atoms with Crippen molar-refractivity contribution in [3.8, 4) is 0 Å². The Morgan fingerprint density at radius 1 is 0.508 bits per heavy atom. The normalized spacial score (nSPS) is 14.0. The minimum atomic E-state index is -4.28. The third-order valence-electron chi connectivity index (χ3n) is 10.9. The SMILES string of the molecule is CCCCCC/C=C\CCCCCCCC(=O)OC(COCCCCCCCCCCCCC/C=C\C/C=C\C/C=C\CCCCCCC)COP(=O)(O)OCC[N+](C)(C)C. The lowest BCUT2D eigenvalue weighted by Crippen LogP contribution is -2.37. The van der Waals surface area contributed by atoms with Crippen molar-refractivity contribution in [3.63, 3.8) is 0 Å². The molecule has 0 aliphatic rings. The van der Waals surface area contributed by atoms with Gasteiger partial charge in [0.05, 0.1) is 34.4 Å². The summed E-state index contributed by atoms with van der Waals surface area (Å²) in [6.45, 7) is 5.59. The lowest BCUT2D eigenvalue weighted by molar-refractivity contribution is -0.870. The van der Waals surface area contributed by atoms with Crippen LogP contribution < -0.4 is 0 Å². The molecule has 0 fully saturated rings. The first-order chi connectivity index (χ1) is 29.6. The molecule has 8 nitrogen and oxygen atoms in total. The van der Waals surface area contributed by atoms with Crippen LogP contribution in [-0.4, -0.2) is 75.6 Å². The number of hydrogen-bond acceptors (Lipinski definition) is 6. The fourth-order valence-electron chi connectivity index (χ4n) is 6.91. The minimum absolute atomic E-state index is 0.0857. The lowest BCUT2D eigenvalue weighted by Gasteiger charge is -2.24. The lowest BCUT2D eigenvalue weighted by atomic mass is 10.1. The van der Waals surface area contributed by atoms with Crippen LogP contribution in [0.3, 0.4) is 0 Å². The van der Waals surface area contributed by atoms with Crippen LogP contribution in [0.15, 0.2) is 48.6 Å². The molecule has 0 spiro atoms. The van der Waals surface area contributed by atoms with Gasteiger partial charge in [0.15, 0.2) is 0 Å². The zero-order valence-electron chi connectivity index (χ0n) is 40.7. The first-order valence-electron chi connectivity index (χ1n) is 25.4. The summed E-state index contributed by atoms with van der Waals surface area (Å²) in [6, 6.07) is 0. The zero-order valence-corrected chi connectivity index (χ0v) is 41.5. The fourth-order valence-corrected chi connectivity index (χ4v) is 7.65. The average Bonchev–Trinajstić information content (AvgIpc) is 3.22. The Morgan fingerprint density at radius 3 is 1.38 bits per heavy atom. The van der Waals surface area contributed by atoms with E-state index in [1.807, 2.05) is 21.1 Å². The van der Waals surface area contributed by atoms with Crippen molar-refractivity contribution in [3.05, 3.63) is 48.6 Å². The van der Waals surface area contributed by atoms with Crippen LogP contribution in [0.5, 0.6) is 0 Å². The topological polar surface area (TPSA) is 91.3 Å². The number of carbonyl (C=O) groups is 1. The van der Waals surface area contributed by atoms with Gasteiger partial charge in [-0.25, -0.2) is 4.57 Å². The van der Waals surface area contributed by atoms with Crippen molar-refractivity contribution in [2.75, 3.05) is 54.1 Å². The monoisotopic (exact) mass is 881 g/mol. The highest BCUT2D eigenvalue weighted by molar-refractivity contribution is 7.47. The molecule has 0 heterocycles. The minimum Gasteiger partial charge on any atom is -0.457 e. The van der Waals surface area contributed by atoms with Gasteiger partial charge in [-0.15, -0.1) is 0 Å². The number of phosphoric acid groups is 1. The van der Waals surface area contributed by atoms with Crippen LogP contribution in [0, 0.1) is 0 Å². The maximum atomic E-state index is 12.7. The molecular weight excluding hydrogens is 782 g/mol. The van der Waals surface area contributed by atoms with Crippen molar-refractivity contribution in [2.24, 2.45) is 0 Å². The zero-order chi connectivity index (χ0) is 44.8. The highest BCUT2D eigenvalue weighted by Gasteiger charge is 2.26. The molecule has 0 aromatic heterocycles. The van der Waals surface area contributed by atoms with Gasteiger partial charge >= 0.3 is 13.8 Å². The average molecular weight is 881 g/mol. The Kier molecular flexibility index (Phi) is 43.9. The standard InChI is InChI=1S/C52H98NO7P/c1-6-8-10-12-14-16-18-20-21-22-23-24-25-26-27-28-29-30-31-32-34-36-38-40-42-44-47-57-49-51(50-59-61(55,56)58-48-46-53(3,4)5)60-52(54)45-43-41-39-37-35-33-19-17-15-13-11-9-7-2/h17-20,22-23,25-26,51H,6-16,21,24,27-50H2,1-5H3/p+1/b19-17-,20-18-,23-22-,26-25-. The van der Waals surface area contributed by atoms with Gasteiger partial charge in [-0.05, 0) is 77.0 Å². The van der Waals surface area contributed by atoms with E-state index in [1.165, 1.54) is 141 Å². The predicted molar refractivity (Wildman–Crippen MR) is 261 cm³/mol. The van der Waals surface area contributed by atoms with Gasteiger partial charge in [0.2, 0.25) is 0 Å². The fraction of sp³-hybridized carbons (Fsp3) is 0.827. The number of carbonyl (C=O) groups excluding carboxylic acids is 1. The summed E-state index contributed by atoms with van der Waals surface area (Å²) in [5, 5.41) is 0. The van der Waals surface area contributed by atoms with E-state index in [4.69, 9.17) is 18.5 Å². The highest BCUT2D eigenvalue weighted by atomic mass is 31.2. The van der Waals surface area contributed by atoms with Crippen LogP contribution in [0.2, 0.25) is 0 Å². The maximum Gasteiger partial charge on any atom is 0.472 e. The number of allylic oxidation sites excluding steroid dienone is 8. The number of unbranched alkanes of at least 4 members (excludes halogenated alkanes) is 25. The summed E-state index contributed by atoms with van der Waals surface area (Å²) >= 11 is 0. The summed E-state index contributed by atoms with van der Waals surface area (Å²) in [7, 11) is 1.66. The van der Waals surface area contributed by atoms with Crippen LogP contribution in [0.25, 0.3) is 0 Å². The van der Waals surface area contributed by atoms with Gasteiger partial charge in [0.25, 0.3) is 0 Å². The molecule has 0 radical (unpaired) electrons. The Balaban J connectivity index is 4.08. The molecule has 358 valence electrons. The Bertz CT molecular complexity index is 1120. The van der Waals surface area contributed by atoms with Crippen LogP contribution >= 0.6 is 7.82 Å². The molecule has 2 atom stereocenters. The third-order valence-corrected chi connectivity index (χ3v) is 11.8. The number of rotatable bonds is 47. The molecule has 0 aromatic carbocycles.